The van der Waals surface area contributed by atoms with Gasteiger partial charge in [-0.2, -0.15) is 0 Å². The highest BCUT2D eigenvalue weighted by Gasteiger charge is 2.28. The summed E-state index contributed by atoms with van der Waals surface area (Å²) >= 11 is 2.32. The molecule has 2 atom stereocenters. The van der Waals surface area contributed by atoms with Gasteiger partial charge >= 0.3 is 6.09 Å². The maximum atomic E-state index is 10.7. The summed E-state index contributed by atoms with van der Waals surface area (Å²) in [6.07, 6.45) is 1.13. The van der Waals surface area contributed by atoms with Gasteiger partial charge in [-0.25, -0.2) is 4.79 Å². The first-order valence-corrected chi connectivity index (χ1v) is 6.14. The van der Waals surface area contributed by atoms with Gasteiger partial charge in [0.25, 0.3) is 0 Å². The van der Waals surface area contributed by atoms with E-state index in [-0.39, 0.29) is 6.04 Å². The van der Waals surface area contributed by atoms with Gasteiger partial charge in [0.2, 0.25) is 0 Å². The van der Waals surface area contributed by atoms with Crippen molar-refractivity contribution in [2.45, 2.75) is 22.8 Å². The van der Waals surface area contributed by atoms with E-state index in [4.69, 9.17) is 5.11 Å². The molecular formula is C11H12INO2. The van der Waals surface area contributed by atoms with Crippen molar-refractivity contribution in [3.05, 3.63) is 35.4 Å². The number of hydrogen-bond acceptors (Lipinski definition) is 1. The normalized spacial score (nSPS) is 24.3. The third-order valence-electron chi connectivity index (χ3n) is 2.72. The minimum atomic E-state index is -0.946. The first-order valence-electron chi connectivity index (χ1n) is 4.90. The van der Waals surface area contributed by atoms with Crippen LogP contribution in [-0.4, -0.2) is 15.1 Å². The van der Waals surface area contributed by atoms with E-state index >= 15 is 0 Å². The number of nitrogens with one attached hydrogen (secondary N) is 1. The molecule has 0 bridgehead atoms. The lowest BCUT2D eigenvalue weighted by molar-refractivity contribution is 0.189. The molecule has 15 heavy (non-hydrogen) atoms. The van der Waals surface area contributed by atoms with E-state index < -0.39 is 6.09 Å². The Morgan fingerprint density at radius 1 is 1.47 bits per heavy atom. The van der Waals surface area contributed by atoms with Crippen molar-refractivity contribution in [1.82, 2.24) is 5.32 Å². The van der Waals surface area contributed by atoms with Crippen molar-refractivity contribution in [2.75, 3.05) is 0 Å². The molecule has 1 aliphatic rings. The number of halogens is 1. The maximum absolute atomic E-state index is 10.7. The molecule has 1 aliphatic carbocycles. The number of alkyl halides is 1. The number of fused-ring (bicyclic) bond motifs is 1. The molecule has 0 saturated heterocycles. The monoisotopic (exact) mass is 317 g/mol. The molecule has 2 N–H and O–H groups in total. The van der Waals surface area contributed by atoms with Crippen LogP contribution in [0.5, 0.6) is 0 Å². The molecule has 80 valence electrons. The summed E-state index contributed by atoms with van der Waals surface area (Å²) in [5.74, 6) is 0. The van der Waals surface area contributed by atoms with Gasteiger partial charge in [-0.15, -0.1) is 0 Å². The Labute approximate surface area is 102 Å². The lowest BCUT2D eigenvalue weighted by atomic mass is 9.88. The highest BCUT2D eigenvalue weighted by molar-refractivity contribution is 14.1. The highest BCUT2D eigenvalue weighted by atomic mass is 127. The minimum absolute atomic E-state index is 0.0620. The van der Waals surface area contributed by atoms with Gasteiger partial charge in [0, 0.05) is 3.92 Å². The molecule has 0 spiro atoms. The van der Waals surface area contributed by atoms with E-state index in [1.165, 1.54) is 5.56 Å². The zero-order valence-electron chi connectivity index (χ0n) is 8.11. The molecule has 0 aliphatic heterocycles. The van der Waals surface area contributed by atoms with Gasteiger partial charge in [0.05, 0.1) is 6.04 Å². The maximum Gasteiger partial charge on any atom is 0.405 e. The second-order valence-corrected chi connectivity index (χ2v) is 5.28. The number of rotatable bonds is 1. The zero-order valence-corrected chi connectivity index (χ0v) is 10.3. The molecule has 3 nitrogen and oxygen atoms in total. The van der Waals surface area contributed by atoms with Crippen LogP contribution < -0.4 is 5.32 Å². The van der Waals surface area contributed by atoms with Crippen LogP contribution in [0.15, 0.2) is 24.3 Å². The quantitative estimate of drug-likeness (QED) is 0.618. The number of benzene rings is 1. The van der Waals surface area contributed by atoms with Crippen LogP contribution in [0, 0.1) is 0 Å². The number of amides is 1. The number of hydrogen-bond donors (Lipinski definition) is 2. The summed E-state index contributed by atoms with van der Waals surface area (Å²) in [6, 6.07) is 8.00. The van der Waals surface area contributed by atoms with Crippen LogP contribution in [0.3, 0.4) is 0 Å². The average Bonchev–Trinajstić information content (AvgIpc) is 2.22. The predicted octanol–water partition coefficient (Wildman–Crippen LogP) is 2.75. The van der Waals surface area contributed by atoms with Gasteiger partial charge in [0.1, 0.15) is 0 Å². The molecule has 0 heterocycles. The first kappa shape index (κ1) is 10.7. The molecule has 0 unspecified atom stereocenters. The van der Waals surface area contributed by atoms with Gasteiger partial charge in [-0.3, -0.25) is 0 Å². The summed E-state index contributed by atoms with van der Waals surface area (Å²) in [7, 11) is 0. The molecule has 0 saturated carbocycles. The van der Waals surface area contributed by atoms with Crippen molar-refractivity contribution in [2.24, 2.45) is 0 Å². The summed E-state index contributed by atoms with van der Waals surface area (Å²) < 4.78 is 0.341. The number of aryl methyl sites for hydroxylation is 1. The average molecular weight is 317 g/mol. The molecule has 0 radical (unpaired) electrons. The number of carbonyl (C=O) groups is 1. The third-order valence-corrected chi connectivity index (χ3v) is 4.06. The Morgan fingerprint density at radius 3 is 2.93 bits per heavy atom. The Hall–Kier alpha value is -0.780. The van der Waals surface area contributed by atoms with Crippen LogP contribution in [0.1, 0.15) is 23.6 Å². The highest BCUT2D eigenvalue weighted by Crippen LogP contribution is 2.34. The Balaban J connectivity index is 2.32. The van der Waals surface area contributed by atoms with Crippen LogP contribution in [0.25, 0.3) is 0 Å². The zero-order chi connectivity index (χ0) is 10.8. The summed E-state index contributed by atoms with van der Waals surface area (Å²) in [5.41, 5.74) is 2.40. The SMILES string of the molecule is O=C(O)N[C@@H]1c2ccccc2CC[C@H]1I. The smallest absolute Gasteiger partial charge is 0.405 e. The van der Waals surface area contributed by atoms with Crippen LogP contribution >= 0.6 is 22.6 Å². The molecule has 0 fully saturated rings. The second kappa shape index (κ2) is 4.38. The van der Waals surface area contributed by atoms with Crippen molar-refractivity contribution >= 4 is 28.7 Å². The topological polar surface area (TPSA) is 49.3 Å². The summed E-state index contributed by atoms with van der Waals surface area (Å²) in [5, 5.41) is 11.4. The van der Waals surface area contributed by atoms with E-state index in [9.17, 15) is 4.79 Å². The van der Waals surface area contributed by atoms with E-state index in [0.29, 0.717) is 3.92 Å². The van der Waals surface area contributed by atoms with E-state index in [1.54, 1.807) is 0 Å². The molecule has 1 amide bonds. The fourth-order valence-electron chi connectivity index (χ4n) is 2.02. The molecule has 2 rings (SSSR count). The van der Waals surface area contributed by atoms with Crippen LogP contribution in [0.4, 0.5) is 4.79 Å². The summed E-state index contributed by atoms with van der Waals surface area (Å²) in [4.78, 5) is 10.7. The Morgan fingerprint density at radius 2 is 2.20 bits per heavy atom. The van der Waals surface area contributed by atoms with Gasteiger partial charge in [-0.05, 0) is 24.0 Å². The van der Waals surface area contributed by atoms with Crippen molar-refractivity contribution in [3.63, 3.8) is 0 Å². The van der Waals surface area contributed by atoms with Gasteiger partial charge < -0.3 is 10.4 Å². The minimum Gasteiger partial charge on any atom is -0.465 e. The standard InChI is InChI=1S/C11H12INO2/c12-9-6-5-7-3-1-2-4-8(7)10(9)13-11(14)15/h1-4,9-10,13H,5-6H2,(H,14,15)/t9-,10-/m1/s1. The molecule has 1 aromatic rings. The second-order valence-electron chi connectivity index (χ2n) is 3.68. The fraction of sp³-hybridized carbons (Fsp3) is 0.364. The predicted molar refractivity (Wildman–Crippen MR) is 66.5 cm³/mol. The van der Waals surface area contributed by atoms with Crippen molar-refractivity contribution < 1.29 is 9.90 Å². The largest absolute Gasteiger partial charge is 0.465 e. The van der Waals surface area contributed by atoms with Crippen molar-refractivity contribution in [3.8, 4) is 0 Å². The van der Waals surface area contributed by atoms with Gasteiger partial charge in [-0.1, -0.05) is 46.9 Å². The van der Waals surface area contributed by atoms with E-state index in [1.807, 2.05) is 18.2 Å². The lowest BCUT2D eigenvalue weighted by Crippen LogP contribution is -2.35. The summed E-state index contributed by atoms with van der Waals surface area (Å²) in [6.45, 7) is 0. The van der Waals surface area contributed by atoms with Crippen molar-refractivity contribution in [1.29, 1.82) is 0 Å². The first-order chi connectivity index (χ1) is 7.18. The van der Waals surface area contributed by atoms with E-state index in [2.05, 4.69) is 34.0 Å². The molecule has 0 aromatic heterocycles. The molecule has 4 heteroatoms. The fourth-order valence-corrected chi connectivity index (χ4v) is 2.90. The van der Waals surface area contributed by atoms with Crippen LogP contribution in [-0.2, 0) is 6.42 Å². The Kier molecular flexibility index (Phi) is 3.14. The Bertz CT molecular complexity index is 381. The lowest BCUT2D eigenvalue weighted by Gasteiger charge is -2.29. The van der Waals surface area contributed by atoms with Gasteiger partial charge in [0.15, 0.2) is 0 Å². The van der Waals surface area contributed by atoms with E-state index in [0.717, 1.165) is 18.4 Å². The number of carboxylic acid groups (broad SMARTS) is 1. The molecular weight excluding hydrogens is 305 g/mol. The van der Waals surface area contributed by atoms with Crippen LogP contribution in [0.2, 0.25) is 0 Å². The molecule has 1 aromatic carbocycles. The third kappa shape index (κ3) is 2.25.